The molecule has 0 saturated carbocycles. The molecule has 4 nitrogen and oxygen atoms in total. The fourth-order valence-electron chi connectivity index (χ4n) is 1.70. The zero-order valence-corrected chi connectivity index (χ0v) is 9.88. The summed E-state index contributed by atoms with van der Waals surface area (Å²) >= 11 is 0. The van der Waals surface area contributed by atoms with Crippen LogP contribution in [-0.2, 0) is 4.79 Å². The smallest absolute Gasteiger partial charge is 0.239 e. The zero-order valence-electron chi connectivity index (χ0n) is 9.88. The summed E-state index contributed by atoms with van der Waals surface area (Å²) in [6, 6.07) is 0. The van der Waals surface area contributed by atoms with E-state index in [2.05, 4.69) is 10.2 Å². The third kappa shape index (κ3) is 3.80. The monoisotopic (exact) mass is 213 g/mol. The van der Waals surface area contributed by atoms with Gasteiger partial charge in [0.25, 0.3) is 0 Å². The maximum atomic E-state index is 11.6. The minimum Gasteiger partial charge on any atom is -0.353 e. The van der Waals surface area contributed by atoms with Crippen molar-refractivity contribution in [3.63, 3.8) is 0 Å². The van der Waals surface area contributed by atoms with Crippen molar-refractivity contribution in [1.29, 1.82) is 0 Å². The van der Waals surface area contributed by atoms with E-state index in [4.69, 9.17) is 5.73 Å². The Balaban J connectivity index is 2.16. The van der Waals surface area contributed by atoms with Crippen LogP contribution in [0.4, 0.5) is 0 Å². The standard InChI is InChI=1S/C11H23N3O/c1-3-11(2,12)10(15)13-6-9-14-7-4-5-8-14/h3-9,12H2,1-2H3,(H,13,15). The molecular weight excluding hydrogens is 190 g/mol. The minimum atomic E-state index is -0.717. The largest absolute Gasteiger partial charge is 0.353 e. The molecule has 0 aliphatic carbocycles. The fraction of sp³-hybridized carbons (Fsp3) is 0.909. The van der Waals surface area contributed by atoms with Gasteiger partial charge in [0.1, 0.15) is 0 Å². The number of hydrogen-bond acceptors (Lipinski definition) is 3. The molecular formula is C11H23N3O. The van der Waals surface area contributed by atoms with E-state index >= 15 is 0 Å². The molecule has 0 aromatic carbocycles. The average molecular weight is 213 g/mol. The maximum absolute atomic E-state index is 11.6. The normalized spacial score (nSPS) is 21.3. The van der Waals surface area contributed by atoms with E-state index in [1.807, 2.05) is 6.92 Å². The number of nitrogens with zero attached hydrogens (tertiary/aromatic N) is 1. The number of likely N-dealkylation sites (tertiary alicyclic amines) is 1. The molecule has 0 radical (unpaired) electrons. The summed E-state index contributed by atoms with van der Waals surface area (Å²) in [6.45, 7) is 7.71. The van der Waals surface area contributed by atoms with Gasteiger partial charge in [0.05, 0.1) is 5.54 Å². The molecule has 0 aromatic rings. The highest BCUT2D eigenvalue weighted by atomic mass is 16.2. The summed E-state index contributed by atoms with van der Waals surface area (Å²) in [5.74, 6) is -0.0378. The van der Waals surface area contributed by atoms with E-state index < -0.39 is 5.54 Å². The first kappa shape index (κ1) is 12.5. The van der Waals surface area contributed by atoms with Crippen LogP contribution < -0.4 is 11.1 Å². The van der Waals surface area contributed by atoms with E-state index in [9.17, 15) is 4.79 Å². The van der Waals surface area contributed by atoms with Gasteiger partial charge in [-0.3, -0.25) is 4.79 Å². The van der Waals surface area contributed by atoms with Gasteiger partial charge >= 0.3 is 0 Å². The van der Waals surface area contributed by atoms with Gasteiger partial charge in [0.2, 0.25) is 5.91 Å². The lowest BCUT2D eigenvalue weighted by atomic mass is 10.00. The van der Waals surface area contributed by atoms with E-state index in [-0.39, 0.29) is 5.91 Å². The first-order valence-corrected chi connectivity index (χ1v) is 5.86. The molecule has 1 fully saturated rings. The van der Waals surface area contributed by atoms with Gasteiger partial charge in [-0.25, -0.2) is 0 Å². The van der Waals surface area contributed by atoms with Gasteiger partial charge in [-0.15, -0.1) is 0 Å². The molecule has 3 N–H and O–H groups in total. The van der Waals surface area contributed by atoms with Crippen LogP contribution in [0.5, 0.6) is 0 Å². The van der Waals surface area contributed by atoms with Crippen molar-refractivity contribution in [3.8, 4) is 0 Å². The number of hydrogen-bond donors (Lipinski definition) is 2. The number of carbonyl (C=O) groups excluding carboxylic acids is 1. The first-order valence-electron chi connectivity index (χ1n) is 5.86. The molecule has 1 aliphatic rings. The second-order valence-corrected chi connectivity index (χ2v) is 4.58. The molecule has 1 saturated heterocycles. The van der Waals surface area contributed by atoms with Crippen LogP contribution in [0.3, 0.4) is 0 Å². The van der Waals surface area contributed by atoms with Crippen LogP contribution in [0.25, 0.3) is 0 Å². The third-order valence-electron chi connectivity index (χ3n) is 3.17. The van der Waals surface area contributed by atoms with E-state index in [0.29, 0.717) is 13.0 Å². The van der Waals surface area contributed by atoms with Crippen LogP contribution in [0.15, 0.2) is 0 Å². The number of carbonyl (C=O) groups is 1. The maximum Gasteiger partial charge on any atom is 0.239 e. The highest BCUT2D eigenvalue weighted by Crippen LogP contribution is 2.06. The second-order valence-electron chi connectivity index (χ2n) is 4.58. The zero-order chi connectivity index (χ0) is 11.3. The molecule has 0 spiro atoms. The molecule has 1 aliphatic heterocycles. The van der Waals surface area contributed by atoms with Gasteiger partial charge in [0, 0.05) is 13.1 Å². The van der Waals surface area contributed by atoms with Crippen molar-refractivity contribution >= 4 is 5.91 Å². The van der Waals surface area contributed by atoms with Gasteiger partial charge in [0.15, 0.2) is 0 Å². The highest BCUT2D eigenvalue weighted by molar-refractivity contribution is 5.85. The summed E-state index contributed by atoms with van der Waals surface area (Å²) < 4.78 is 0. The van der Waals surface area contributed by atoms with Gasteiger partial charge in [-0.1, -0.05) is 6.92 Å². The Bertz CT molecular complexity index is 210. The highest BCUT2D eigenvalue weighted by Gasteiger charge is 2.25. The Hall–Kier alpha value is -0.610. The summed E-state index contributed by atoms with van der Waals surface area (Å²) in [6.07, 6.45) is 3.25. The Morgan fingerprint density at radius 2 is 2.07 bits per heavy atom. The van der Waals surface area contributed by atoms with Crippen LogP contribution in [0.2, 0.25) is 0 Å². The van der Waals surface area contributed by atoms with Crippen molar-refractivity contribution < 1.29 is 4.79 Å². The van der Waals surface area contributed by atoms with E-state index in [1.165, 1.54) is 25.9 Å². The SMILES string of the molecule is CCC(C)(N)C(=O)NCCN1CCCC1. The summed E-state index contributed by atoms with van der Waals surface area (Å²) in [4.78, 5) is 14.0. The van der Waals surface area contributed by atoms with Gasteiger partial charge < -0.3 is 16.0 Å². The van der Waals surface area contributed by atoms with Crippen molar-refractivity contribution in [2.24, 2.45) is 5.73 Å². The molecule has 1 atom stereocenters. The lowest BCUT2D eigenvalue weighted by Gasteiger charge is -2.22. The van der Waals surface area contributed by atoms with Crippen LogP contribution in [-0.4, -0.2) is 42.5 Å². The Kier molecular flexibility index (Phi) is 4.54. The molecule has 15 heavy (non-hydrogen) atoms. The number of rotatable bonds is 5. The quantitative estimate of drug-likeness (QED) is 0.692. The molecule has 88 valence electrons. The molecule has 1 heterocycles. The molecule has 0 bridgehead atoms. The van der Waals surface area contributed by atoms with Gasteiger partial charge in [-0.05, 0) is 39.3 Å². The Morgan fingerprint density at radius 1 is 1.47 bits per heavy atom. The van der Waals surface area contributed by atoms with E-state index in [1.54, 1.807) is 6.92 Å². The number of nitrogens with one attached hydrogen (secondary N) is 1. The van der Waals surface area contributed by atoms with Crippen molar-refractivity contribution in [1.82, 2.24) is 10.2 Å². The molecule has 1 rings (SSSR count). The van der Waals surface area contributed by atoms with Crippen molar-refractivity contribution in [2.45, 2.75) is 38.6 Å². The Labute approximate surface area is 92.2 Å². The first-order chi connectivity index (χ1) is 7.06. The lowest BCUT2D eigenvalue weighted by Crippen LogP contribution is -2.52. The fourth-order valence-corrected chi connectivity index (χ4v) is 1.70. The summed E-state index contributed by atoms with van der Waals surface area (Å²) in [7, 11) is 0. The van der Waals surface area contributed by atoms with Crippen LogP contribution in [0.1, 0.15) is 33.1 Å². The predicted molar refractivity (Wildman–Crippen MR) is 61.6 cm³/mol. The van der Waals surface area contributed by atoms with Crippen LogP contribution in [0, 0.1) is 0 Å². The van der Waals surface area contributed by atoms with Gasteiger partial charge in [-0.2, -0.15) is 0 Å². The van der Waals surface area contributed by atoms with Crippen molar-refractivity contribution in [2.75, 3.05) is 26.2 Å². The lowest BCUT2D eigenvalue weighted by molar-refractivity contribution is -0.125. The summed E-state index contributed by atoms with van der Waals surface area (Å²) in [5, 5.41) is 2.90. The topological polar surface area (TPSA) is 58.4 Å². The number of nitrogens with two attached hydrogens (primary N) is 1. The second kappa shape index (κ2) is 5.47. The molecule has 1 unspecified atom stereocenters. The minimum absolute atomic E-state index is 0.0378. The van der Waals surface area contributed by atoms with E-state index in [0.717, 1.165) is 6.54 Å². The predicted octanol–water partition coefficient (Wildman–Crippen LogP) is 0.326. The average Bonchev–Trinajstić information content (AvgIpc) is 2.70. The van der Waals surface area contributed by atoms with Crippen LogP contribution >= 0.6 is 0 Å². The molecule has 0 aromatic heterocycles. The van der Waals surface area contributed by atoms with Crippen molar-refractivity contribution in [3.05, 3.63) is 0 Å². The number of amides is 1. The third-order valence-corrected chi connectivity index (χ3v) is 3.17. The molecule has 4 heteroatoms. The Morgan fingerprint density at radius 3 is 2.60 bits per heavy atom. The summed E-state index contributed by atoms with van der Waals surface area (Å²) in [5.41, 5.74) is 5.11. The molecule has 1 amide bonds.